The molecule has 23 heavy (non-hydrogen) atoms. The second-order valence-electron chi connectivity index (χ2n) is 6.63. The highest BCUT2D eigenvalue weighted by Gasteiger charge is 2.33. The van der Waals surface area contributed by atoms with Gasteiger partial charge in [0.1, 0.15) is 0 Å². The van der Waals surface area contributed by atoms with Crippen LogP contribution in [0.3, 0.4) is 0 Å². The van der Waals surface area contributed by atoms with E-state index in [1.807, 2.05) is 19.9 Å². The minimum atomic E-state index is -0.427. The maximum Gasteiger partial charge on any atom is 0.227 e. The molecular formula is C19H31N3O. The lowest BCUT2D eigenvalue weighted by molar-refractivity contribution is -0.131. The topological polar surface area (TPSA) is 58.4 Å². The van der Waals surface area contributed by atoms with Crippen molar-refractivity contribution in [1.29, 1.82) is 0 Å². The molecule has 0 aliphatic carbocycles. The molecule has 3 N–H and O–H groups in total. The molecular weight excluding hydrogens is 286 g/mol. The summed E-state index contributed by atoms with van der Waals surface area (Å²) in [6.07, 6.45) is 4.15. The van der Waals surface area contributed by atoms with Crippen molar-refractivity contribution >= 4 is 5.91 Å². The standard InChI is InChI=1S/C19H31N3O/c1-3-19(4-2,15-20)18(23)21-13-16-9-5-6-10-17(16)14-22-11-7-8-12-22/h5-6,9-10H,3-4,7-8,11-15,20H2,1-2H3,(H,21,23). The SMILES string of the molecule is CCC(CC)(CN)C(=O)NCc1ccccc1CN1CCCC1. The summed E-state index contributed by atoms with van der Waals surface area (Å²) in [5.74, 6) is 0.0842. The van der Waals surface area contributed by atoms with Gasteiger partial charge in [-0.3, -0.25) is 9.69 Å². The molecule has 1 aromatic carbocycles. The molecule has 0 spiro atoms. The van der Waals surface area contributed by atoms with Gasteiger partial charge in [-0.05, 0) is 49.9 Å². The van der Waals surface area contributed by atoms with Gasteiger partial charge in [-0.25, -0.2) is 0 Å². The van der Waals surface area contributed by atoms with E-state index in [4.69, 9.17) is 5.73 Å². The molecule has 1 aliphatic heterocycles. The Morgan fingerprint density at radius 3 is 2.35 bits per heavy atom. The fraction of sp³-hybridized carbons (Fsp3) is 0.632. The van der Waals surface area contributed by atoms with Crippen LogP contribution in [-0.4, -0.2) is 30.4 Å². The summed E-state index contributed by atoms with van der Waals surface area (Å²) >= 11 is 0. The van der Waals surface area contributed by atoms with Crippen molar-refractivity contribution in [3.63, 3.8) is 0 Å². The molecule has 0 atom stereocenters. The summed E-state index contributed by atoms with van der Waals surface area (Å²) in [5, 5.41) is 3.12. The second-order valence-corrected chi connectivity index (χ2v) is 6.63. The summed E-state index contributed by atoms with van der Waals surface area (Å²) in [6, 6.07) is 8.42. The van der Waals surface area contributed by atoms with Crippen molar-refractivity contribution < 1.29 is 4.79 Å². The average molecular weight is 317 g/mol. The first-order valence-electron chi connectivity index (χ1n) is 8.92. The molecule has 1 fully saturated rings. The summed E-state index contributed by atoms with van der Waals surface area (Å²) in [6.45, 7) is 8.42. The number of amides is 1. The third-order valence-corrected chi connectivity index (χ3v) is 5.38. The average Bonchev–Trinajstić information content (AvgIpc) is 3.09. The first kappa shape index (κ1) is 18.0. The number of carbonyl (C=O) groups is 1. The van der Waals surface area contributed by atoms with Gasteiger partial charge in [-0.2, -0.15) is 0 Å². The van der Waals surface area contributed by atoms with E-state index in [1.165, 1.54) is 37.1 Å². The highest BCUT2D eigenvalue weighted by molar-refractivity contribution is 5.82. The number of benzene rings is 1. The number of hydrogen-bond acceptors (Lipinski definition) is 3. The number of nitrogens with one attached hydrogen (secondary N) is 1. The molecule has 2 rings (SSSR count). The van der Waals surface area contributed by atoms with Crippen molar-refractivity contribution in [2.24, 2.45) is 11.1 Å². The van der Waals surface area contributed by atoms with E-state index in [0.717, 1.165) is 19.4 Å². The predicted molar refractivity (Wildman–Crippen MR) is 94.9 cm³/mol. The van der Waals surface area contributed by atoms with Crippen LogP contribution in [0.25, 0.3) is 0 Å². The van der Waals surface area contributed by atoms with Crippen molar-refractivity contribution in [1.82, 2.24) is 10.2 Å². The Kier molecular flexibility index (Phi) is 6.60. The summed E-state index contributed by atoms with van der Waals surface area (Å²) in [5.41, 5.74) is 7.98. The Bertz CT molecular complexity index is 497. The molecule has 4 nitrogen and oxygen atoms in total. The fourth-order valence-electron chi connectivity index (χ4n) is 3.38. The monoisotopic (exact) mass is 317 g/mol. The van der Waals surface area contributed by atoms with Crippen LogP contribution in [-0.2, 0) is 17.9 Å². The molecule has 1 saturated heterocycles. The number of nitrogens with zero attached hydrogens (tertiary/aromatic N) is 1. The minimum Gasteiger partial charge on any atom is -0.351 e. The lowest BCUT2D eigenvalue weighted by Crippen LogP contribution is -2.45. The number of likely N-dealkylation sites (tertiary alicyclic amines) is 1. The zero-order valence-electron chi connectivity index (χ0n) is 14.6. The van der Waals surface area contributed by atoms with Gasteiger partial charge < -0.3 is 11.1 Å². The van der Waals surface area contributed by atoms with E-state index in [1.54, 1.807) is 0 Å². The highest BCUT2D eigenvalue weighted by Crippen LogP contribution is 2.25. The first-order valence-corrected chi connectivity index (χ1v) is 8.92. The Balaban J connectivity index is 2.01. The van der Waals surface area contributed by atoms with Crippen molar-refractivity contribution in [2.75, 3.05) is 19.6 Å². The molecule has 1 heterocycles. The van der Waals surface area contributed by atoms with E-state index >= 15 is 0 Å². The third-order valence-electron chi connectivity index (χ3n) is 5.38. The van der Waals surface area contributed by atoms with E-state index < -0.39 is 5.41 Å². The van der Waals surface area contributed by atoms with Crippen molar-refractivity contribution in [3.05, 3.63) is 35.4 Å². The van der Waals surface area contributed by atoms with Crippen LogP contribution in [0, 0.1) is 5.41 Å². The van der Waals surface area contributed by atoms with Crippen LogP contribution < -0.4 is 11.1 Å². The Labute approximate surface area is 140 Å². The zero-order chi connectivity index (χ0) is 16.7. The molecule has 0 radical (unpaired) electrons. The summed E-state index contributed by atoms with van der Waals surface area (Å²) in [7, 11) is 0. The van der Waals surface area contributed by atoms with Crippen molar-refractivity contribution in [2.45, 2.75) is 52.6 Å². The van der Waals surface area contributed by atoms with Crippen LogP contribution in [0.5, 0.6) is 0 Å². The van der Waals surface area contributed by atoms with Gasteiger partial charge in [-0.15, -0.1) is 0 Å². The molecule has 0 saturated carbocycles. The summed E-state index contributed by atoms with van der Waals surface area (Å²) < 4.78 is 0. The lowest BCUT2D eigenvalue weighted by atomic mass is 9.81. The maximum absolute atomic E-state index is 12.6. The largest absolute Gasteiger partial charge is 0.351 e. The normalized spacial score (nSPS) is 15.8. The van der Waals surface area contributed by atoms with Crippen molar-refractivity contribution in [3.8, 4) is 0 Å². The van der Waals surface area contributed by atoms with Gasteiger partial charge in [0.15, 0.2) is 0 Å². The third kappa shape index (κ3) is 4.33. The molecule has 1 amide bonds. The van der Waals surface area contributed by atoms with E-state index in [9.17, 15) is 4.79 Å². The molecule has 0 bridgehead atoms. The van der Waals surface area contributed by atoms with Crippen LogP contribution in [0.1, 0.15) is 50.7 Å². The van der Waals surface area contributed by atoms with Crippen LogP contribution in [0.15, 0.2) is 24.3 Å². The molecule has 1 aliphatic rings. The van der Waals surface area contributed by atoms with Gasteiger partial charge in [0.05, 0.1) is 5.41 Å². The van der Waals surface area contributed by atoms with Gasteiger partial charge in [0.2, 0.25) is 5.91 Å². The Hall–Kier alpha value is -1.39. The predicted octanol–water partition coefficient (Wildman–Crippen LogP) is 2.66. The second kappa shape index (κ2) is 8.46. The van der Waals surface area contributed by atoms with E-state index in [-0.39, 0.29) is 5.91 Å². The quantitative estimate of drug-likeness (QED) is 0.775. The number of hydrogen-bond donors (Lipinski definition) is 2. The molecule has 1 aromatic rings. The van der Waals surface area contributed by atoms with E-state index in [0.29, 0.717) is 13.1 Å². The molecule has 128 valence electrons. The van der Waals surface area contributed by atoms with Gasteiger partial charge in [0.25, 0.3) is 0 Å². The molecule has 0 aromatic heterocycles. The molecule has 4 heteroatoms. The summed E-state index contributed by atoms with van der Waals surface area (Å²) in [4.78, 5) is 15.1. The van der Waals surface area contributed by atoms with Crippen LogP contribution in [0.2, 0.25) is 0 Å². The molecule has 0 unspecified atom stereocenters. The number of carbonyl (C=O) groups excluding carboxylic acids is 1. The highest BCUT2D eigenvalue weighted by atomic mass is 16.2. The smallest absolute Gasteiger partial charge is 0.227 e. The minimum absolute atomic E-state index is 0.0842. The zero-order valence-corrected chi connectivity index (χ0v) is 14.6. The van der Waals surface area contributed by atoms with Crippen LogP contribution >= 0.6 is 0 Å². The number of rotatable bonds is 8. The number of nitrogens with two attached hydrogens (primary N) is 1. The Morgan fingerprint density at radius 1 is 1.17 bits per heavy atom. The maximum atomic E-state index is 12.6. The van der Waals surface area contributed by atoms with Crippen LogP contribution in [0.4, 0.5) is 0 Å². The Morgan fingerprint density at radius 2 is 1.78 bits per heavy atom. The lowest BCUT2D eigenvalue weighted by Gasteiger charge is -2.28. The fourth-order valence-corrected chi connectivity index (χ4v) is 3.38. The van der Waals surface area contributed by atoms with Gasteiger partial charge in [0, 0.05) is 19.6 Å². The van der Waals surface area contributed by atoms with Gasteiger partial charge in [-0.1, -0.05) is 38.1 Å². The van der Waals surface area contributed by atoms with E-state index in [2.05, 4.69) is 28.4 Å². The van der Waals surface area contributed by atoms with Gasteiger partial charge >= 0.3 is 0 Å². The first-order chi connectivity index (χ1) is 11.1.